The van der Waals surface area contributed by atoms with Crippen molar-refractivity contribution >= 4 is 5.95 Å². The van der Waals surface area contributed by atoms with Gasteiger partial charge in [-0.2, -0.15) is 4.98 Å². The molecular formula is C10H13N5. The normalized spacial score (nSPS) is 16.1. The first kappa shape index (κ1) is 8.52. The molecule has 0 spiro atoms. The number of rotatable bonds is 2. The fourth-order valence-corrected chi connectivity index (χ4v) is 1.91. The molecule has 1 saturated heterocycles. The monoisotopic (exact) mass is 203 g/mol. The van der Waals surface area contributed by atoms with E-state index in [2.05, 4.69) is 25.1 Å². The Morgan fingerprint density at radius 3 is 2.87 bits per heavy atom. The maximum absolute atomic E-state index is 4.46. The fourth-order valence-electron chi connectivity index (χ4n) is 1.91. The molecule has 1 aliphatic heterocycles. The highest BCUT2D eigenvalue weighted by atomic mass is 15.4. The summed E-state index contributed by atoms with van der Waals surface area (Å²) >= 11 is 0. The molecule has 3 rings (SSSR count). The smallest absolute Gasteiger partial charge is 0.245 e. The van der Waals surface area contributed by atoms with Crippen molar-refractivity contribution in [3.05, 3.63) is 18.3 Å². The largest absolute Gasteiger partial charge is 0.359 e. The van der Waals surface area contributed by atoms with E-state index in [0.717, 1.165) is 30.6 Å². The average molecular weight is 203 g/mol. The summed E-state index contributed by atoms with van der Waals surface area (Å²) < 4.78 is 0. The van der Waals surface area contributed by atoms with Crippen LogP contribution in [0.5, 0.6) is 0 Å². The van der Waals surface area contributed by atoms with Gasteiger partial charge in [0.05, 0.1) is 5.69 Å². The van der Waals surface area contributed by atoms with Gasteiger partial charge in [-0.3, -0.25) is 5.10 Å². The minimum absolute atomic E-state index is 0.807. The van der Waals surface area contributed by atoms with Crippen molar-refractivity contribution in [1.82, 2.24) is 20.2 Å². The lowest BCUT2D eigenvalue weighted by Gasteiger charge is -2.10. The zero-order valence-corrected chi connectivity index (χ0v) is 8.40. The van der Waals surface area contributed by atoms with Crippen LogP contribution in [0.15, 0.2) is 18.3 Å². The van der Waals surface area contributed by atoms with E-state index in [4.69, 9.17) is 0 Å². The summed E-state index contributed by atoms with van der Waals surface area (Å²) in [7, 11) is 0. The molecule has 5 nitrogen and oxygen atoms in total. The summed E-state index contributed by atoms with van der Waals surface area (Å²) in [4.78, 5) is 9.78. The Morgan fingerprint density at radius 2 is 2.13 bits per heavy atom. The molecular weight excluding hydrogens is 190 g/mol. The van der Waals surface area contributed by atoms with Crippen LogP contribution < -0.4 is 4.90 Å². The zero-order valence-electron chi connectivity index (χ0n) is 8.40. The van der Waals surface area contributed by atoms with Gasteiger partial charge in [-0.05, 0) is 25.0 Å². The zero-order chi connectivity index (χ0) is 10.1. The molecule has 0 aromatic carbocycles. The highest BCUT2D eigenvalue weighted by Gasteiger charge is 2.16. The fraction of sp³-hybridized carbons (Fsp3) is 0.400. The molecule has 2 aromatic rings. The van der Waals surface area contributed by atoms with E-state index in [1.165, 1.54) is 12.8 Å². The number of hydrogen-bond acceptors (Lipinski definition) is 3. The quantitative estimate of drug-likeness (QED) is 0.775. The van der Waals surface area contributed by atoms with Gasteiger partial charge >= 0.3 is 0 Å². The van der Waals surface area contributed by atoms with Gasteiger partial charge in [-0.25, -0.2) is 0 Å². The molecule has 15 heavy (non-hydrogen) atoms. The summed E-state index contributed by atoms with van der Waals surface area (Å²) in [5.41, 5.74) is 0.980. The summed E-state index contributed by atoms with van der Waals surface area (Å²) in [6.45, 7) is 2.14. The standard InChI is InChI=1S/C10H13N5/c1-2-7-15(6-1)10-12-9(13-14-10)8-4-3-5-11-8/h3-5,11H,1-2,6-7H2,(H,12,13,14). The van der Waals surface area contributed by atoms with Crippen LogP contribution in [0.4, 0.5) is 5.95 Å². The number of nitrogens with one attached hydrogen (secondary N) is 2. The summed E-state index contributed by atoms with van der Waals surface area (Å²) in [5, 5.41) is 7.18. The first-order valence-electron chi connectivity index (χ1n) is 5.24. The van der Waals surface area contributed by atoms with Gasteiger partial charge in [0.1, 0.15) is 0 Å². The van der Waals surface area contributed by atoms with Gasteiger partial charge in [0.15, 0.2) is 5.82 Å². The SMILES string of the molecule is c1c[nH]c(-c2nc(N3CCCC3)n[nH]2)c1. The van der Waals surface area contributed by atoms with E-state index < -0.39 is 0 Å². The third kappa shape index (κ3) is 1.49. The number of aromatic nitrogens is 4. The lowest BCUT2D eigenvalue weighted by atomic mass is 10.4. The van der Waals surface area contributed by atoms with Crippen molar-refractivity contribution in [2.24, 2.45) is 0 Å². The van der Waals surface area contributed by atoms with E-state index in [-0.39, 0.29) is 0 Å². The van der Waals surface area contributed by atoms with Crippen LogP contribution in [0.25, 0.3) is 11.5 Å². The van der Waals surface area contributed by atoms with E-state index in [1.54, 1.807) is 0 Å². The van der Waals surface area contributed by atoms with Crippen LogP contribution in [0.2, 0.25) is 0 Å². The third-order valence-electron chi connectivity index (χ3n) is 2.72. The molecule has 2 aromatic heterocycles. The van der Waals surface area contributed by atoms with Gasteiger partial charge in [-0.1, -0.05) is 0 Å². The molecule has 0 bridgehead atoms. The van der Waals surface area contributed by atoms with Crippen molar-refractivity contribution in [2.75, 3.05) is 18.0 Å². The van der Waals surface area contributed by atoms with Gasteiger partial charge < -0.3 is 9.88 Å². The van der Waals surface area contributed by atoms with Crippen LogP contribution in [0, 0.1) is 0 Å². The maximum Gasteiger partial charge on any atom is 0.245 e. The Balaban J connectivity index is 1.87. The Bertz CT molecular complexity index is 424. The molecule has 5 heteroatoms. The highest BCUT2D eigenvalue weighted by Crippen LogP contribution is 2.18. The summed E-state index contributed by atoms with van der Waals surface area (Å²) in [6.07, 6.45) is 4.37. The summed E-state index contributed by atoms with van der Waals surface area (Å²) in [5.74, 6) is 1.62. The van der Waals surface area contributed by atoms with E-state index in [9.17, 15) is 0 Å². The molecule has 3 heterocycles. The second-order valence-corrected chi connectivity index (χ2v) is 3.76. The topological polar surface area (TPSA) is 60.6 Å². The third-order valence-corrected chi connectivity index (χ3v) is 2.72. The number of aromatic amines is 2. The molecule has 0 saturated carbocycles. The van der Waals surface area contributed by atoms with Crippen LogP contribution in [-0.4, -0.2) is 33.3 Å². The molecule has 0 radical (unpaired) electrons. The van der Waals surface area contributed by atoms with E-state index >= 15 is 0 Å². The van der Waals surface area contributed by atoms with Crippen LogP contribution >= 0.6 is 0 Å². The average Bonchev–Trinajstić information content (AvgIpc) is 3.02. The van der Waals surface area contributed by atoms with Gasteiger partial charge in [0, 0.05) is 19.3 Å². The first-order chi connectivity index (χ1) is 7.43. The van der Waals surface area contributed by atoms with Crippen molar-refractivity contribution in [2.45, 2.75) is 12.8 Å². The summed E-state index contributed by atoms with van der Waals surface area (Å²) in [6, 6.07) is 3.93. The minimum atomic E-state index is 0.807. The molecule has 2 N–H and O–H groups in total. The minimum Gasteiger partial charge on any atom is -0.359 e. The predicted molar refractivity (Wildman–Crippen MR) is 57.6 cm³/mol. The van der Waals surface area contributed by atoms with Crippen molar-refractivity contribution in [3.8, 4) is 11.5 Å². The molecule has 0 atom stereocenters. The molecule has 78 valence electrons. The lowest BCUT2D eigenvalue weighted by Crippen LogP contribution is -2.18. The van der Waals surface area contributed by atoms with Crippen molar-refractivity contribution < 1.29 is 0 Å². The van der Waals surface area contributed by atoms with Crippen LogP contribution in [0.1, 0.15) is 12.8 Å². The number of anilines is 1. The Kier molecular flexibility index (Phi) is 1.94. The first-order valence-corrected chi connectivity index (χ1v) is 5.24. The molecule has 0 amide bonds. The number of hydrogen-bond donors (Lipinski definition) is 2. The molecule has 1 aliphatic rings. The number of H-pyrrole nitrogens is 2. The van der Waals surface area contributed by atoms with Crippen molar-refractivity contribution in [1.29, 1.82) is 0 Å². The Labute approximate surface area is 87.5 Å². The van der Waals surface area contributed by atoms with Crippen molar-refractivity contribution in [3.63, 3.8) is 0 Å². The van der Waals surface area contributed by atoms with Gasteiger partial charge in [0.25, 0.3) is 0 Å². The Morgan fingerprint density at radius 1 is 1.27 bits per heavy atom. The predicted octanol–water partition coefficient (Wildman–Crippen LogP) is 1.40. The maximum atomic E-state index is 4.46. The molecule has 0 unspecified atom stereocenters. The second kappa shape index (κ2) is 3.42. The second-order valence-electron chi connectivity index (χ2n) is 3.76. The lowest BCUT2D eigenvalue weighted by molar-refractivity contribution is 0.903. The van der Waals surface area contributed by atoms with Crippen LogP contribution in [-0.2, 0) is 0 Å². The van der Waals surface area contributed by atoms with Gasteiger partial charge in [0.2, 0.25) is 5.95 Å². The molecule has 1 fully saturated rings. The molecule has 0 aliphatic carbocycles. The number of nitrogens with zero attached hydrogens (tertiary/aromatic N) is 3. The van der Waals surface area contributed by atoms with E-state index in [1.807, 2.05) is 18.3 Å². The Hall–Kier alpha value is -1.78. The van der Waals surface area contributed by atoms with Gasteiger partial charge in [-0.15, -0.1) is 5.10 Å². The van der Waals surface area contributed by atoms with Crippen LogP contribution in [0.3, 0.4) is 0 Å². The van der Waals surface area contributed by atoms with E-state index in [0.29, 0.717) is 0 Å². The highest BCUT2D eigenvalue weighted by molar-refractivity contribution is 5.51.